The fourth-order valence-electron chi connectivity index (χ4n) is 1.37. The Morgan fingerprint density at radius 1 is 1.40 bits per heavy atom. The zero-order valence-corrected chi connectivity index (χ0v) is 9.95. The molecule has 1 N–H and O–H groups in total. The van der Waals surface area contributed by atoms with E-state index in [1.54, 1.807) is 0 Å². The molecule has 3 heteroatoms. The number of nitrogens with one attached hydrogen (secondary N) is 1. The largest absolute Gasteiger partial charge is 0.311 e. The first-order valence-electron chi connectivity index (χ1n) is 5.52. The highest BCUT2D eigenvalue weighted by molar-refractivity contribution is 5.16. The molecule has 0 bridgehead atoms. The highest BCUT2D eigenvalue weighted by atomic mass is 15.1. The Kier molecular flexibility index (Phi) is 5.29. The van der Waals surface area contributed by atoms with Gasteiger partial charge in [-0.05, 0) is 31.6 Å². The molecule has 1 rings (SSSR count). The van der Waals surface area contributed by atoms with E-state index in [0.29, 0.717) is 0 Å². The topological polar surface area (TPSA) is 28.2 Å². The van der Waals surface area contributed by atoms with Gasteiger partial charge in [-0.25, -0.2) is 0 Å². The van der Waals surface area contributed by atoms with Gasteiger partial charge in [-0.1, -0.05) is 13.0 Å². The van der Waals surface area contributed by atoms with Crippen LogP contribution < -0.4 is 5.32 Å². The summed E-state index contributed by atoms with van der Waals surface area (Å²) in [6.07, 6.45) is 3.80. The lowest BCUT2D eigenvalue weighted by molar-refractivity contribution is 0.349. The summed E-state index contributed by atoms with van der Waals surface area (Å²) in [4.78, 5) is 6.46. The van der Waals surface area contributed by atoms with E-state index in [2.05, 4.69) is 42.2 Å². The van der Waals surface area contributed by atoms with E-state index in [-0.39, 0.29) is 0 Å². The molecule has 0 unspecified atom stereocenters. The van der Waals surface area contributed by atoms with Crippen molar-refractivity contribution < 1.29 is 0 Å². The molecule has 15 heavy (non-hydrogen) atoms. The number of likely N-dealkylation sites (N-methyl/N-ethyl adjacent to an activating group) is 1. The molecule has 0 aliphatic rings. The SMILES string of the molecule is CCN(C)CCNCc1cncc(C)c1. The van der Waals surface area contributed by atoms with Gasteiger partial charge in [-0.2, -0.15) is 0 Å². The minimum Gasteiger partial charge on any atom is -0.311 e. The molecule has 0 spiro atoms. The highest BCUT2D eigenvalue weighted by Crippen LogP contribution is 1.99. The summed E-state index contributed by atoms with van der Waals surface area (Å²) < 4.78 is 0. The zero-order valence-electron chi connectivity index (χ0n) is 9.95. The molecule has 3 nitrogen and oxygen atoms in total. The number of rotatable bonds is 6. The van der Waals surface area contributed by atoms with Crippen LogP contribution in [0.4, 0.5) is 0 Å². The molecule has 1 aromatic rings. The van der Waals surface area contributed by atoms with Gasteiger partial charge >= 0.3 is 0 Å². The van der Waals surface area contributed by atoms with E-state index in [4.69, 9.17) is 0 Å². The lowest BCUT2D eigenvalue weighted by Crippen LogP contribution is -2.28. The minimum absolute atomic E-state index is 0.909. The van der Waals surface area contributed by atoms with Gasteiger partial charge in [0.15, 0.2) is 0 Å². The molecule has 1 heterocycles. The maximum Gasteiger partial charge on any atom is 0.0313 e. The standard InChI is InChI=1S/C12H21N3/c1-4-15(3)6-5-13-9-12-7-11(2)8-14-10-12/h7-8,10,13H,4-6,9H2,1-3H3. The number of pyridine rings is 1. The maximum atomic E-state index is 4.16. The van der Waals surface area contributed by atoms with Crippen LogP contribution >= 0.6 is 0 Å². The fourth-order valence-corrected chi connectivity index (χ4v) is 1.37. The fraction of sp³-hybridized carbons (Fsp3) is 0.583. The lowest BCUT2D eigenvalue weighted by Gasteiger charge is -2.13. The van der Waals surface area contributed by atoms with E-state index >= 15 is 0 Å². The van der Waals surface area contributed by atoms with Crippen molar-refractivity contribution in [3.8, 4) is 0 Å². The van der Waals surface area contributed by atoms with E-state index in [1.807, 2.05) is 12.4 Å². The van der Waals surface area contributed by atoms with E-state index in [9.17, 15) is 0 Å². The third-order valence-electron chi connectivity index (χ3n) is 2.47. The van der Waals surface area contributed by atoms with Crippen LogP contribution in [0.1, 0.15) is 18.1 Å². The van der Waals surface area contributed by atoms with Crippen LogP contribution in [0.5, 0.6) is 0 Å². The molecule has 0 radical (unpaired) electrons. The van der Waals surface area contributed by atoms with Gasteiger partial charge < -0.3 is 10.2 Å². The second-order valence-electron chi connectivity index (χ2n) is 3.94. The summed E-state index contributed by atoms with van der Waals surface area (Å²) in [5.41, 5.74) is 2.48. The van der Waals surface area contributed by atoms with Crippen molar-refractivity contribution in [2.24, 2.45) is 0 Å². The minimum atomic E-state index is 0.909. The lowest BCUT2D eigenvalue weighted by atomic mass is 10.2. The summed E-state index contributed by atoms with van der Waals surface area (Å²) >= 11 is 0. The predicted octanol–water partition coefficient (Wildman–Crippen LogP) is 1.43. The molecule has 0 saturated carbocycles. The third kappa shape index (κ3) is 4.91. The predicted molar refractivity (Wildman–Crippen MR) is 63.9 cm³/mol. The molecule has 0 atom stereocenters. The Morgan fingerprint density at radius 2 is 2.20 bits per heavy atom. The number of hydrogen-bond acceptors (Lipinski definition) is 3. The Labute approximate surface area is 92.5 Å². The van der Waals surface area contributed by atoms with Gasteiger partial charge in [-0.15, -0.1) is 0 Å². The van der Waals surface area contributed by atoms with E-state index in [0.717, 1.165) is 26.2 Å². The molecule has 0 aliphatic carbocycles. The second kappa shape index (κ2) is 6.53. The molecule has 0 fully saturated rings. The summed E-state index contributed by atoms with van der Waals surface area (Å²) in [6, 6.07) is 2.17. The van der Waals surface area contributed by atoms with Crippen molar-refractivity contribution in [2.75, 3.05) is 26.7 Å². The summed E-state index contributed by atoms with van der Waals surface area (Å²) in [7, 11) is 2.13. The molecule has 0 amide bonds. The van der Waals surface area contributed by atoms with Gasteiger partial charge in [0.2, 0.25) is 0 Å². The number of aryl methyl sites for hydroxylation is 1. The summed E-state index contributed by atoms with van der Waals surface area (Å²) in [5, 5.41) is 3.41. The quantitative estimate of drug-likeness (QED) is 0.715. The van der Waals surface area contributed by atoms with E-state index < -0.39 is 0 Å². The average molecular weight is 207 g/mol. The van der Waals surface area contributed by atoms with Crippen LogP contribution in [0.25, 0.3) is 0 Å². The van der Waals surface area contributed by atoms with Gasteiger partial charge in [0, 0.05) is 32.0 Å². The summed E-state index contributed by atoms with van der Waals surface area (Å²) in [5.74, 6) is 0. The Morgan fingerprint density at radius 3 is 2.87 bits per heavy atom. The van der Waals surface area contributed by atoms with Crippen LogP contribution in [0.15, 0.2) is 18.5 Å². The Bertz CT molecular complexity index is 286. The normalized spacial score (nSPS) is 10.9. The highest BCUT2D eigenvalue weighted by Gasteiger charge is 1.95. The van der Waals surface area contributed by atoms with Crippen molar-refractivity contribution in [1.82, 2.24) is 15.2 Å². The first kappa shape index (κ1) is 12.1. The first-order chi connectivity index (χ1) is 7.22. The van der Waals surface area contributed by atoms with Gasteiger partial charge in [0.1, 0.15) is 0 Å². The number of aromatic nitrogens is 1. The molecular formula is C12H21N3. The van der Waals surface area contributed by atoms with Crippen LogP contribution in [-0.2, 0) is 6.54 Å². The maximum absolute atomic E-state index is 4.16. The second-order valence-corrected chi connectivity index (χ2v) is 3.94. The van der Waals surface area contributed by atoms with Gasteiger partial charge in [-0.3, -0.25) is 4.98 Å². The van der Waals surface area contributed by atoms with Gasteiger partial charge in [0.05, 0.1) is 0 Å². The molecule has 0 aromatic carbocycles. The number of nitrogens with zero attached hydrogens (tertiary/aromatic N) is 2. The summed E-state index contributed by atoms with van der Waals surface area (Å²) in [6.45, 7) is 8.37. The van der Waals surface area contributed by atoms with Crippen molar-refractivity contribution in [3.63, 3.8) is 0 Å². The van der Waals surface area contributed by atoms with Crippen molar-refractivity contribution in [1.29, 1.82) is 0 Å². The van der Waals surface area contributed by atoms with Crippen LogP contribution in [0.2, 0.25) is 0 Å². The molecule has 84 valence electrons. The molecule has 1 aromatic heterocycles. The number of hydrogen-bond donors (Lipinski definition) is 1. The van der Waals surface area contributed by atoms with Crippen molar-refractivity contribution in [3.05, 3.63) is 29.6 Å². The van der Waals surface area contributed by atoms with E-state index in [1.165, 1.54) is 11.1 Å². The monoisotopic (exact) mass is 207 g/mol. The molecular weight excluding hydrogens is 186 g/mol. The first-order valence-corrected chi connectivity index (χ1v) is 5.52. The molecule has 0 saturated heterocycles. The van der Waals surface area contributed by atoms with Crippen LogP contribution in [0, 0.1) is 6.92 Å². The zero-order chi connectivity index (χ0) is 11.1. The van der Waals surface area contributed by atoms with Crippen molar-refractivity contribution >= 4 is 0 Å². The Hall–Kier alpha value is -0.930. The Balaban J connectivity index is 2.20. The van der Waals surface area contributed by atoms with Crippen molar-refractivity contribution in [2.45, 2.75) is 20.4 Å². The average Bonchev–Trinajstić information content (AvgIpc) is 2.24. The third-order valence-corrected chi connectivity index (χ3v) is 2.47. The van der Waals surface area contributed by atoms with Gasteiger partial charge in [0.25, 0.3) is 0 Å². The van der Waals surface area contributed by atoms with Crippen LogP contribution in [-0.4, -0.2) is 36.6 Å². The van der Waals surface area contributed by atoms with Crippen LogP contribution in [0.3, 0.4) is 0 Å². The smallest absolute Gasteiger partial charge is 0.0313 e. The molecule has 0 aliphatic heterocycles.